The Hall–Kier alpha value is -5.68. The van der Waals surface area contributed by atoms with Gasteiger partial charge in [-0.05, 0) is 68.6 Å². The molecule has 282 valence electrons. The highest BCUT2D eigenvalue weighted by molar-refractivity contribution is 7.99. The van der Waals surface area contributed by atoms with Crippen LogP contribution in [0, 0.1) is 29.1 Å². The van der Waals surface area contributed by atoms with Crippen LogP contribution in [0.15, 0.2) is 102 Å². The lowest BCUT2D eigenvalue weighted by Gasteiger charge is -2.36. The van der Waals surface area contributed by atoms with Gasteiger partial charge in [0, 0.05) is 24.3 Å². The van der Waals surface area contributed by atoms with Gasteiger partial charge in [0.1, 0.15) is 11.3 Å². The number of benzene rings is 5. The number of rotatable bonds is 11. The largest absolute Gasteiger partial charge is 0.508 e. The normalized spacial score (nSPS) is 16.9. The van der Waals surface area contributed by atoms with Gasteiger partial charge in [-0.15, -0.1) is 5.10 Å². The van der Waals surface area contributed by atoms with Gasteiger partial charge in [-0.1, -0.05) is 78.5 Å². The summed E-state index contributed by atoms with van der Waals surface area (Å²) in [7, 11) is 0. The summed E-state index contributed by atoms with van der Waals surface area (Å²) < 4.78 is 83.5. The Balaban J connectivity index is 1.06. The van der Waals surface area contributed by atoms with Crippen LogP contribution in [0.4, 0.5) is 22.0 Å². The van der Waals surface area contributed by atoms with Crippen molar-refractivity contribution in [3.05, 3.63) is 154 Å². The molecule has 2 heterocycles. The van der Waals surface area contributed by atoms with Crippen LogP contribution in [-0.4, -0.2) is 48.2 Å². The van der Waals surface area contributed by atoms with E-state index in [1.807, 2.05) is 54.6 Å². The molecule has 0 spiro atoms. The fourth-order valence-electron chi connectivity index (χ4n) is 5.98. The van der Waals surface area contributed by atoms with Crippen LogP contribution in [0.5, 0.6) is 5.75 Å². The molecule has 3 N–H and O–H groups in total. The van der Waals surface area contributed by atoms with Gasteiger partial charge in [0.25, 0.3) is 5.91 Å². The molecule has 1 saturated heterocycles. The maximum Gasteiger partial charge on any atom is 0.257 e. The Morgan fingerprint density at radius 2 is 1.47 bits per heavy atom. The molecule has 16 heteroatoms. The molecule has 55 heavy (non-hydrogen) atoms. The minimum absolute atomic E-state index is 0.0884. The van der Waals surface area contributed by atoms with E-state index in [1.165, 1.54) is 11.8 Å². The summed E-state index contributed by atoms with van der Waals surface area (Å²) in [6.07, 6.45) is -0.879. The van der Waals surface area contributed by atoms with Gasteiger partial charge in [-0.2, -0.15) is 4.68 Å². The standard InChI is InChI=1S/C39H30F5N5O5S/c40-32-31(33(41)35(43)36(44)34(32)42)37(52)45-18-22-2-1-3-26(16-22)23-8-10-25(11-9-23)38-53-29(17-30(54-38)24-6-4-21(19-50)5-7-24)20-55-39-46-47-48-49(39)27-12-14-28(51)15-13-27/h1-16,29-30,38,50-51H,17-20H2,(H,45,52). The monoisotopic (exact) mass is 775 g/mol. The molecule has 3 atom stereocenters. The van der Waals surface area contributed by atoms with E-state index in [9.17, 15) is 37.0 Å². The Morgan fingerprint density at radius 3 is 2.16 bits per heavy atom. The van der Waals surface area contributed by atoms with E-state index in [-0.39, 0.29) is 31.1 Å². The lowest BCUT2D eigenvalue weighted by Crippen LogP contribution is -2.31. The quantitative estimate of drug-likeness (QED) is 0.0531. The summed E-state index contributed by atoms with van der Waals surface area (Å²) in [5.74, 6) is -12.0. The van der Waals surface area contributed by atoms with E-state index in [4.69, 9.17) is 9.47 Å². The van der Waals surface area contributed by atoms with Gasteiger partial charge < -0.3 is 25.0 Å². The number of aliphatic hydroxyl groups excluding tert-OH is 1. The number of carbonyl (C=O) groups excluding carboxylic acids is 1. The van der Waals surface area contributed by atoms with Crippen molar-refractivity contribution >= 4 is 17.7 Å². The number of nitrogens with one attached hydrogen (secondary N) is 1. The summed E-state index contributed by atoms with van der Waals surface area (Å²) in [5.41, 5.74) is 3.53. The fourth-order valence-corrected chi connectivity index (χ4v) is 6.89. The molecule has 10 nitrogen and oxygen atoms in total. The minimum atomic E-state index is -2.35. The van der Waals surface area contributed by atoms with E-state index in [0.717, 1.165) is 27.8 Å². The molecule has 1 aliphatic heterocycles. The molecule has 3 unspecified atom stereocenters. The van der Waals surface area contributed by atoms with Crippen LogP contribution in [0.3, 0.4) is 0 Å². The Kier molecular flexibility index (Phi) is 11.2. The topological polar surface area (TPSA) is 132 Å². The molecule has 0 saturated carbocycles. The third-order valence-electron chi connectivity index (χ3n) is 8.88. The molecule has 5 aromatic carbocycles. The molecule has 1 fully saturated rings. The first kappa shape index (κ1) is 37.6. The number of aromatic hydroxyl groups is 1. The van der Waals surface area contributed by atoms with Crippen LogP contribution in [-0.2, 0) is 22.6 Å². The Bertz CT molecular complexity index is 2280. The van der Waals surface area contributed by atoms with Crippen molar-refractivity contribution in [3.8, 4) is 22.6 Å². The first-order valence-electron chi connectivity index (χ1n) is 16.8. The van der Waals surface area contributed by atoms with Crippen LogP contribution < -0.4 is 5.32 Å². The van der Waals surface area contributed by atoms with E-state index in [1.54, 1.807) is 47.1 Å². The lowest BCUT2D eigenvalue weighted by atomic mass is 9.99. The number of amides is 1. The van der Waals surface area contributed by atoms with E-state index >= 15 is 0 Å². The molecular formula is C39H30F5N5O5S. The number of ether oxygens (including phenoxy) is 2. The summed E-state index contributed by atoms with van der Waals surface area (Å²) in [4.78, 5) is 12.5. The predicted octanol–water partition coefficient (Wildman–Crippen LogP) is 7.49. The average Bonchev–Trinajstić information content (AvgIpc) is 3.70. The van der Waals surface area contributed by atoms with Crippen molar-refractivity contribution in [1.29, 1.82) is 0 Å². The second-order valence-electron chi connectivity index (χ2n) is 12.5. The molecule has 6 aromatic rings. The van der Waals surface area contributed by atoms with Gasteiger partial charge >= 0.3 is 0 Å². The Labute approximate surface area is 314 Å². The zero-order valence-electron chi connectivity index (χ0n) is 28.5. The van der Waals surface area contributed by atoms with Crippen molar-refractivity contribution < 1.29 is 46.4 Å². The molecule has 1 aliphatic rings. The lowest BCUT2D eigenvalue weighted by molar-refractivity contribution is -0.245. The molecule has 0 bridgehead atoms. The van der Waals surface area contributed by atoms with Gasteiger partial charge in [-0.25, -0.2) is 22.0 Å². The van der Waals surface area contributed by atoms with Crippen LogP contribution in [0.1, 0.15) is 51.4 Å². The molecule has 0 aliphatic carbocycles. The maximum atomic E-state index is 14.1. The number of phenolic OH excluding ortho intramolecular Hbond substituents is 1. The fraction of sp³-hybridized carbons (Fsp3) is 0.179. The third-order valence-corrected chi connectivity index (χ3v) is 9.93. The van der Waals surface area contributed by atoms with E-state index < -0.39 is 46.8 Å². The predicted molar refractivity (Wildman–Crippen MR) is 189 cm³/mol. The number of phenols is 1. The molecule has 7 rings (SSSR count). The van der Waals surface area contributed by atoms with Crippen LogP contribution in [0.25, 0.3) is 16.8 Å². The molecule has 1 aromatic heterocycles. The summed E-state index contributed by atoms with van der Waals surface area (Å²) in [6.45, 7) is -0.343. The highest BCUT2D eigenvalue weighted by Crippen LogP contribution is 2.40. The third kappa shape index (κ3) is 8.22. The average molecular weight is 776 g/mol. The number of aliphatic hydroxyl groups is 1. The van der Waals surface area contributed by atoms with Crippen molar-refractivity contribution in [1.82, 2.24) is 25.5 Å². The summed E-state index contributed by atoms with van der Waals surface area (Å²) in [6, 6.07) is 28.3. The zero-order chi connectivity index (χ0) is 38.6. The number of thioether (sulfide) groups is 1. The maximum absolute atomic E-state index is 14.1. The highest BCUT2D eigenvalue weighted by Gasteiger charge is 2.33. The van der Waals surface area contributed by atoms with Crippen molar-refractivity contribution in [2.24, 2.45) is 0 Å². The number of tetrazole rings is 1. The number of carbonyl (C=O) groups is 1. The van der Waals surface area contributed by atoms with Gasteiger partial charge in [0.2, 0.25) is 11.0 Å². The Morgan fingerprint density at radius 1 is 0.800 bits per heavy atom. The smallest absolute Gasteiger partial charge is 0.257 e. The van der Waals surface area contributed by atoms with Crippen molar-refractivity contribution in [3.63, 3.8) is 0 Å². The second-order valence-corrected chi connectivity index (χ2v) is 13.5. The first-order valence-corrected chi connectivity index (χ1v) is 17.8. The van der Waals surface area contributed by atoms with Crippen molar-refractivity contribution in [2.75, 3.05) is 5.75 Å². The summed E-state index contributed by atoms with van der Waals surface area (Å²) in [5, 5.41) is 34.1. The van der Waals surface area contributed by atoms with Gasteiger partial charge in [0.05, 0.1) is 24.5 Å². The van der Waals surface area contributed by atoms with Gasteiger partial charge in [0.15, 0.2) is 29.6 Å². The number of nitrogens with zero attached hydrogens (tertiary/aromatic N) is 4. The zero-order valence-corrected chi connectivity index (χ0v) is 29.3. The second kappa shape index (κ2) is 16.4. The number of halogens is 5. The molecular weight excluding hydrogens is 746 g/mol. The minimum Gasteiger partial charge on any atom is -0.508 e. The number of hydrogen-bond acceptors (Lipinski definition) is 9. The van der Waals surface area contributed by atoms with Crippen molar-refractivity contribution in [2.45, 2.75) is 43.2 Å². The molecule has 1 amide bonds. The first-order chi connectivity index (χ1) is 26.6. The number of hydrogen-bond donors (Lipinski definition) is 3. The highest BCUT2D eigenvalue weighted by atomic mass is 32.2. The van der Waals surface area contributed by atoms with E-state index in [0.29, 0.717) is 28.6 Å². The van der Waals surface area contributed by atoms with Gasteiger partial charge in [-0.3, -0.25) is 4.79 Å². The SMILES string of the molecule is O=C(NCc1cccc(-c2ccc(C3OC(CSc4nnnn4-c4ccc(O)cc4)CC(c4ccc(CO)cc4)O3)cc2)c1)c1c(F)c(F)c(F)c(F)c1F. The van der Waals surface area contributed by atoms with Crippen LogP contribution in [0.2, 0.25) is 0 Å². The van der Waals surface area contributed by atoms with Crippen LogP contribution >= 0.6 is 11.8 Å². The number of aromatic nitrogens is 4. The van der Waals surface area contributed by atoms with E-state index in [2.05, 4.69) is 20.8 Å². The summed E-state index contributed by atoms with van der Waals surface area (Å²) >= 11 is 1.41. The molecule has 0 radical (unpaired) electrons.